The van der Waals surface area contributed by atoms with Gasteiger partial charge in [0.1, 0.15) is 11.6 Å². The summed E-state index contributed by atoms with van der Waals surface area (Å²) in [7, 11) is -7.41. The summed E-state index contributed by atoms with van der Waals surface area (Å²) in [4.78, 5) is 13.3. The second-order valence-electron chi connectivity index (χ2n) is 14.1. The molecule has 4 heterocycles. The van der Waals surface area contributed by atoms with E-state index in [1.807, 2.05) is 20.6 Å². The Morgan fingerprint density at radius 3 is 1.31 bits per heavy atom. The van der Waals surface area contributed by atoms with E-state index in [0.29, 0.717) is 68.9 Å². The van der Waals surface area contributed by atoms with E-state index in [2.05, 4.69) is 9.97 Å². The Hall–Kier alpha value is -3.56. The first kappa shape index (κ1) is 46.4. The second kappa shape index (κ2) is 19.7. The van der Waals surface area contributed by atoms with Crippen molar-refractivity contribution in [1.29, 1.82) is 0 Å². The molecule has 0 aliphatic carbocycles. The number of sulfonamides is 2. The third kappa shape index (κ3) is 11.4. The second-order valence-corrected chi connectivity index (χ2v) is 21.4. The topological polar surface area (TPSA) is 107 Å². The Balaban J connectivity index is 0.000000186. The monoisotopic (exact) mass is 1010 g/mol. The largest absolute Gasteiger partial charge is 0.345 e. The van der Waals surface area contributed by atoms with Gasteiger partial charge in [0.05, 0.1) is 21.2 Å². The molecule has 62 heavy (non-hydrogen) atoms. The van der Waals surface area contributed by atoms with Crippen LogP contribution in [0.4, 0.5) is 27.8 Å². The van der Waals surface area contributed by atoms with Gasteiger partial charge in [-0.2, -0.15) is 8.61 Å². The van der Waals surface area contributed by atoms with Gasteiger partial charge in [-0.25, -0.2) is 44.4 Å². The molecule has 0 N–H and O–H groups in total. The molecule has 22 heteroatoms. The van der Waals surface area contributed by atoms with Crippen molar-refractivity contribution in [2.75, 3.05) is 62.2 Å². The molecule has 0 amide bonds. The van der Waals surface area contributed by atoms with Crippen molar-refractivity contribution in [1.82, 2.24) is 18.6 Å². The summed E-state index contributed by atoms with van der Waals surface area (Å²) in [5.41, 5.74) is 2.58. The Morgan fingerprint density at radius 2 is 0.903 bits per heavy atom. The van der Waals surface area contributed by atoms with Crippen LogP contribution in [0.25, 0.3) is 0 Å². The molecule has 10 nitrogen and oxygen atoms in total. The number of nitrogens with zero attached hydrogens (tertiary/aromatic N) is 6. The van der Waals surface area contributed by atoms with Crippen LogP contribution in [0.1, 0.15) is 22.5 Å². The molecule has 2 aliphatic heterocycles. The first-order valence-corrected chi connectivity index (χ1v) is 24.8. The maximum Gasteiger partial charge on any atom is 0.243 e. The minimum atomic E-state index is -3.71. The molecule has 2 aliphatic rings. The van der Waals surface area contributed by atoms with Gasteiger partial charge in [0.25, 0.3) is 0 Å². The van der Waals surface area contributed by atoms with Crippen LogP contribution < -0.4 is 9.80 Å². The summed E-state index contributed by atoms with van der Waals surface area (Å²) in [5, 5.41) is 6.27. The van der Waals surface area contributed by atoms with Crippen molar-refractivity contribution in [3.63, 3.8) is 0 Å². The molecule has 328 valence electrons. The van der Waals surface area contributed by atoms with E-state index in [1.165, 1.54) is 91.9 Å². The number of hydrogen-bond acceptors (Lipinski definition) is 10. The van der Waals surface area contributed by atoms with Crippen molar-refractivity contribution in [3.05, 3.63) is 149 Å². The van der Waals surface area contributed by atoms with Crippen LogP contribution in [-0.2, 0) is 32.9 Å². The summed E-state index contributed by atoms with van der Waals surface area (Å²) in [6.07, 6.45) is 0.701. The van der Waals surface area contributed by atoms with Crippen LogP contribution in [0.15, 0.2) is 93.3 Å². The molecular formula is C40H34Cl4F4N6O4S4. The van der Waals surface area contributed by atoms with E-state index < -0.39 is 43.3 Å². The number of rotatable bonds is 10. The average Bonchev–Trinajstić information content (AvgIpc) is 3.89. The highest BCUT2D eigenvalue weighted by atomic mass is 35.5. The summed E-state index contributed by atoms with van der Waals surface area (Å²) in [5.74, 6) is -3.01. The van der Waals surface area contributed by atoms with E-state index in [1.54, 1.807) is 0 Å². The predicted octanol–water partition coefficient (Wildman–Crippen LogP) is 9.66. The normalized spacial score (nSPS) is 15.4. The number of piperazine rings is 2. The fourth-order valence-electron chi connectivity index (χ4n) is 6.72. The van der Waals surface area contributed by atoms with Crippen molar-refractivity contribution in [3.8, 4) is 0 Å². The van der Waals surface area contributed by atoms with Gasteiger partial charge in [0, 0.05) is 102 Å². The van der Waals surface area contributed by atoms with Gasteiger partial charge >= 0.3 is 0 Å². The zero-order valence-corrected chi connectivity index (χ0v) is 38.4. The maximum atomic E-state index is 13.4. The minimum Gasteiger partial charge on any atom is -0.345 e. The van der Waals surface area contributed by atoms with Gasteiger partial charge < -0.3 is 9.80 Å². The van der Waals surface area contributed by atoms with Crippen LogP contribution in [0.5, 0.6) is 0 Å². The Morgan fingerprint density at radius 1 is 0.500 bits per heavy atom. The van der Waals surface area contributed by atoms with Crippen LogP contribution >= 0.6 is 69.1 Å². The summed E-state index contributed by atoms with van der Waals surface area (Å²) < 4.78 is 108. The molecule has 0 spiro atoms. The van der Waals surface area contributed by atoms with Gasteiger partial charge in [0.2, 0.25) is 20.0 Å². The van der Waals surface area contributed by atoms with Gasteiger partial charge in [-0.1, -0.05) is 52.5 Å². The quantitative estimate of drug-likeness (QED) is 0.125. The fraction of sp³-hybridized carbons (Fsp3) is 0.250. The lowest BCUT2D eigenvalue weighted by Gasteiger charge is -2.33. The SMILES string of the molecule is O=S(=O)(c1cc(Cl)cc(Cl)c1)N1CCN(c2nc(Cc3cc(F)cc(F)c3)cs2)CC1.O=S(=O)(c1cc(Cl)cc(Cl)c1)N1CCN(c2nc(Cc3ccc(F)c(F)c3)cs2)CC1. The Labute approximate surface area is 384 Å². The van der Waals surface area contributed by atoms with E-state index >= 15 is 0 Å². The lowest BCUT2D eigenvalue weighted by atomic mass is 10.1. The zero-order chi connectivity index (χ0) is 44.3. The maximum absolute atomic E-state index is 13.4. The van der Waals surface area contributed by atoms with Gasteiger partial charge in [-0.05, 0) is 71.8 Å². The summed E-state index contributed by atoms with van der Waals surface area (Å²) >= 11 is 26.7. The highest BCUT2D eigenvalue weighted by molar-refractivity contribution is 7.89. The van der Waals surface area contributed by atoms with Crippen molar-refractivity contribution >= 4 is 99.4 Å². The van der Waals surface area contributed by atoms with Crippen molar-refractivity contribution in [2.24, 2.45) is 0 Å². The Kier molecular flexibility index (Phi) is 14.7. The van der Waals surface area contributed by atoms with Crippen molar-refractivity contribution < 1.29 is 34.4 Å². The number of hydrogen-bond donors (Lipinski definition) is 0. The van der Waals surface area contributed by atoms with Gasteiger partial charge in [0.15, 0.2) is 21.9 Å². The first-order valence-electron chi connectivity index (χ1n) is 18.6. The Bertz CT molecular complexity index is 2740. The number of thiazole rings is 2. The summed E-state index contributed by atoms with van der Waals surface area (Å²) in [6, 6.07) is 15.7. The smallest absolute Gasteiger partial charge is 0.243 e. The molecule has 2 fully saturated rings. The molecule has 0 atom stereocenters. The van der Waals surface area contributed by atoms with Gasteiger partial charge in [-0.3, -0.25) is 0 Å². The molecule has 2 saturated heterocycles. The predicted molar refractivity (Wildman–Crippen MR) is 237 cm³/mol. The standard InChI is InChI=1S/2C20H17Cl2F2N3O2S2/c21-14-8-15(22)10-19(9-14)31(28,29)27-3-1-26(2-4-27)20-25-18(12-30-20)7-13-5-16(23)11-17(24)6-13;21-14-9-15(22)11-17(10-14)31(28,29)27-5-3-26(4-6-27)20-25-16(12-30-20)7-13-1-2-18(23)19(24)8-13/h5-6,8-12H,1-4,7H2;1-2,8-12H,3-7H2. The third-order valence-electron chi connectivity index (χ3n) is 9.72. The van der Waals surface area contributed by atoms with E-state index in [-0.39, 0.29) is 43.0 Å². The minimum absolute atomic E-state index is 0.0670. The molecule has 6 aromatic rings. The van der Waals surface area contributed by atoms with Crippen LogP contribution in [0.3, 0.4) is 0 Å². The number of aromatic nitrogens is 2. The zero-order valence-electron chi connectivity index (χ0n) is 32.1. The molecule has 8 rings (SSSR count). The van der Waals surface area contributed by atoms with E-state index in [4.69, 9.17) is 46.4 Å². The molecular weight excluding hydrogens is 975 g/mol. The molecule has 4 aromatic carbocycles. The molecule has 0 radical (unpaired) electrons. The summed E-state index contributed by atoms with van der Waals surface area (Å²) in [6.45, 7) is 3.06. The van der Waals surface area contributed by atoms with Gasteiger partial charge in [-0.15, -0.1) is 22.7 Å². The average molecular weight is 1010 g/mol. The highest BCUT2D eigenvalue weighted by Gasteiger charge is 2.31. The number of halogens is 8. The molecule has 0 bridgehead atoms. The van der Waals surface area contributed by atoms with Crippen LogP contribution in [0, 0.1) is 23.3 Å². The third-order valence-corrected chi connectivity index (χ3v) is 16.2. The lowest BCUT2D eigenvalue weighted by molar-refractivity contribution is 0.384. The lowest BCUT2D eigenvalue weighted by Crippen LogP contribution is -2.48. The molecule has 2 aromatic heterocycles. The van der Waals surface area contributed by atoms with E-state index in [9.17, 15) is 34.4 Å². The molecule has 0 saturated carbocycles. The fourth-order valence-corrected chi connectivity index (χ4v) is 12.8. The first-order chi connectivity index (χ1) is 29.4. The molecule has 0 unspecified atom stereocenters. The van der Waals surface area contributed by atoms with E-state index in [0.717, 1.165) is 28.1 Å². The highest BCUT2D eigenvalue weighted by Crippen LogP contribution is 2.30. The number of anilines is 2. The van der Waals surface area contributed by atoms with Crippen LogP contribution in [0.2, 0.25) is 20.1 Å². The number of benzene rings is 4. The van der Waals surface area contributed by atoms with Crippen molar-refractivity contribution in [2.45, 2.75) is 22.6 Å². The van der Waals surface area contributed by atoms with Crippen LogP contribution in [-0.4, -0.2) is 87.8 Å².